The minimum atomic E-state index is -0.752. The number of hydrogen-bond donors (Lipinski definition) is 2. The Bertz CT molecular complexity index is 317. The predicted octanol–water partition coefficient (Wildman–Crippen LogP) is 1.49. The molecule has 1 heterocycles. The maximum Gasteiger partial charge on any atom is 0.141 e. The van der Waals surface area contributed by atoms with E-state index >= 15 is 0 Å². The summed E-state index contributed by atoms with van der Waals surface area (Å²) in [5.41, 5.74) is 6.06. The number of aromatic nitrogens is 1. The van der Waals surface area contributed by atoms with Crippen LogP contribution in [0.15, 0.2) is 18.5 Å². The van der Waals surface area contributed by atoms with Gasteiger partial charge in [0.1, 0.15) is 5.82 Å². The third-order valence-corrected chi connectivity index (χ3v) is 2.60. The Morgan fingerprint density at radius 2 is 2.13 bits per heavy atom. The van der Waals surface area contributed by atoms with Gasteiger partial charge in [-0.3, -0.25) is 4.98 Å². The van der Waals surface area contributed by atoms with Crippen molar-refractivity contribution in [2.24, 2.45) is 17.6 Å². The van der Waals surface area contributed by atoms with E-state index in [1.165, 1.54) is 12.3 Å². The topological polar surface area (TPSA) is 59.1 Å². The van der Waals surface area contributed by atoms with Gasteiger partial charge < -0.3 is 10.8 Å². The van der Waals surface area contributed by atoms with Gasteiger partial charge in [-0.15, -0.1) is 0 Å². The average molecular weight is 212 g/mol. The molecular weight excluding hydrogens is 195 g/mol. The molecule has 0 amide bonds. The maximum atomic E-state index is 12.9. The summed E-state index contributed by atoms with van der Waals surface area (Å²) in [4.78, 5) is 3.71. The molecule has 84 valence electrons. The molecule has 4 heteroatoms. The second-order valence-electron chi connectivity index (χ2n) is 4.02. The summed E-state index contributed by atoms with van der Waals surface area (Å²) in [6, 6.07) is 1.29. The van der Waals surface area contributed by atoms with Gasteiger partial charge in [-0.2, -0.15) is 0 Å². The van der Waals surface area contributed by atoms with Gasteiger partial charge in [0, 0.05) is 17.7 Å². The van der Waals surface area contributed by atoms with Gasteiger partial charge in [0.15, 0.2) is 0 Å². The molecule has 0 aliphatic carbocycles. The monoisotopic (exact) mass is 212 g/mol. The lowest BCUT2D eigenvalue weighted by molar-refractivity contribution is 0.0855. The maximum absolute atomic E-state index is 12.9. The van der Waals surface area contributed by atoms with Gasteiger partial charge in [-0.25, -0.2) is 4.39 Å². The van der Waals surface area contributed by atoms with Crippen LogP contribution < -0.4 is 5.73 Å². The van der Waals surface area contributed by atoms with E-state index in [9.17, 15) is 9.50 Å². The zero-order chi connectivity index (χ0) is 11.4. The molecule has 0 aromatic carbocycles. The van der Waals surface area contributed by atoms with Crippen LogP contribution in [-0.4, -0.2) is 16.6 Å². The number of nitrogens with two attached hydrogens (primary N) is 1. The van der Waals surface area contributed by atoms with Crippen LogP contribution in [-0.2, 0) is 0 Å². The summed E-state index contributed by atoms with van der Waals surface area (Å²) in [5.74, 6) is -0.270. The zero-order valence-corrected chi connectivity index (χ0v) is 9.02. The van der Waals surface area contributed by atoms with Crippen molar-refractivity contribution >= 4 is 0 Å². The van der Waals surface area contributed by atoms with Gasteiger partial charge in [-0.1, -0.05) is 13.8 Å². The van der Waals surface area contributed by atoms with Crippen LogP contribution in [0.3, 0.4) is 0 Å². The van der Waals surface area contributed by atoms with Crippen molar-refractivity contribution in [3.05, 3.63) is 29.8 Å². The SMILES string of the molecule is CC(C)C(CN)C(O)c1cncc(F)c1. The molecule has 2 atom stereocenters. The summed E-state index contributed by atoms with van der Waals surface area (Å²) in [6.45, 7) is 4.33. The summed E-state index contributed by atoms with van der Waals surface area (Å²) in [6.07, 6.45) is 1.83. The molecular formula is C11H17FN2O. The van der Waals surface area contributed by atoms with Crippen molar-refractivity contribution in [1.82, 2.24) is 4.98 Å². The third kappa shape index (κ3) is 2.97. The molecule has 15 heavy (non-hydrogen) atoms. The number of nitrogens with zero attached hydrogens (tertiary/aromatic N) is 1. The highest BCUT2D eigenvalue weighted by molar-refractivity contribution is 5.14. The van der Waals surface area contributed by atoms with E-state index in [-0.39, 0.29) is 11.8 Å². The summed E-state index contributed by atoms with van der Waals surface area (Å²) >= 11 is 0. The fourth-order valence-corrected chi connectivity index (χ4v) is 1.60. The third-order valence-electron chi connectivity index (χ3n) is 2.60. The normalized spacial score (nSPS) is 15.3. The molecule has 1 aromatic heterocycles. The number of rotatable bonds is 4. The molecule has 0 spiro atoms. The largest absolute Gasteiger partial charge is 0.388 e. The van der Waals surface area contributed by atoms with Crippen molar-refractivity contribution in [3.8, 4) is 0 Å². The van der Waals surface area contributed by atoms with E-state index in [4.69, 9.17) is 5.73 Å². The smallest absolute Gasteiger partial charge is 0.141 e. The van der Waals surface area contributed by atoms with Crippen molar-refractivity contribution < 1.29 is 9.50 Å². The van der Waals surface area contributed by atoms with Crippen LogP contribution in [0.25, 0.3) is 0 Å². The van der Waals surface area contributed by atoms with E-state index in [0.717, 1.165) is 6.20 Å². The molecule has 0 saturated carbocycles. The first-order valence-corrected chi connectivity index (χ1v) is 5.04. The lowest BCUT2D eigenvalue weighted by Crippen LogP contribution is -2.26. The van der Waals surface area contributed by atoms with E-state index in [1.807, 2.05) is 13.8 Å². The number of aliphatic hydroxyl groups is 1. The van der Waals surface area contributed by atoms with Crippen LogP contribution in [0.4, 0.5) is 4.39 Å². The van der Waals surface area contributed by atoms with Crippen molar-refractivity contribution in [2.45, 2.75) is 20.0 Å². The highest BCUT2D eigenvalue weighted by atomic mass is 19.1. The molecule has 1 rings (SSSR count). The highest BCUT2D eigenvalue weighted by Crippen LogP contribution is 2.26. The first-order valence-electron chi connectivity index (χ1n) is 5.04. The Labute approximate surface area is 89.1 Å². The fourth-order valence-electron chi connectivity index (χ4n) is 1.60. The molecule has 0 radical (unpaired) electrons. The minimum absolute atomic E-state index is 0.0754. The van der Waals surface area contributed by atoms with Gasteiger partial charge >= 0.3 is 0 Å². The van der Waals surface area contributed by atoms with Gasteiger partial charge in [0.2, 0.25) is 0 Å². The standard InChI is InChI=1S/C11H17FN2O/c1-7(2)10(4-13)11(15)8-3-9(12)6-14-5-8/h3,5-7,10-11,15H,4,13H2,1-2H3. The van der Waals surface area contributed by atoms with Crippen LogP contribution >= 0.6 is 0 Å². The molecule has 0 bridgehead atoms. The second-order valence-corrected chi connectivity index (χ2v) is 4.02. The summed E-state index contributed by atoms with van der Waals surface area (Å²) in [7, 11) is 0. The zero-order valence-electron chi connectivity index (χ0n) is 9.02. The molecule has 0 aliphatic heterocycles. The van der Waals surface area contributed by atoms with E-state index < -0.39 is 11.9 Å². The van der Waals surface area contributed by atoms with Crippen LogP contribution in [0.1, 0.15) is 25.5 Å². The Morgan fingerprint density at radius 1 is 1.47 bits per heavy atom. The summed E-state index contributed by atoms with van der Waals surface area (Å²) < 4.78 is 12.9. The Morgan fingerprint density at radius 3 is 2.60 bits per heavy atom. The average Bonchev–Trinajstić information content (AvgIpc) is 2.18. The molecule has 1 aromatic rings. The van der Waals surface area contributed by atoms with E-state index in [0.29, 0.717) is 12.1 Å². The first-order chi connectivity index (χ1) is 7.06. The summed E-state index contributed by atoms with van der Waals surface area (Å²) in [5, 5.41) is 9.99. The van der Waals surface area contributed by atoms with Crippen LogP contribution in [0, 0.1) is 17.7 Å². The number of aliphatic hydroxyl groups excluding tert-OH is 1. The van der Waals surface area contributed by atoms with Crippen molar-refractivity contribution in [1.29, 1.82) is 0 Å². The van der Waals surface area contributed by atoms with Crippen molar-refractivity contribution in [3.63, 3.8) is 0 Å². The van der Waals surface area contributed by atoms with Crippen molar-refractivity contribution in [2.75, 3.05) is 6.54 Å². The second kappa shape index (κ2) is 5.19. The van der Waals surface area contributed by atoms with E-state index in [2.05, 4.69) is 4.98 Å². The van der Waals surface area contributed by atoms with Crippen LogP contribution in [0.5, 0.6) is 0 Å². The molecule has 2 unspecified atom stereocenters. The highest BCUT2D eigenvalue weighted by Gasteiger charge is 2.23. The van der Waals surface area contributed by atoms with Crippen LogP contribution in [0.2, 0.25) is 0 Å². The Kier molecular flexibility index (Phi) is 4.17. The molecule has 0 saturated heterocycles. The lowest BCUT2D eigenvalue weighted by Gasteiger charge is -2.24. The van der Waals surface area contributed by atoms with E-state index in [1.54, 1.807) is 0 Å². The molecule has 3 N–H and O–H groups in total. The Balaban J connectivity index is 2.87. The molecule has 0 fully saturated rings. The first kappa shape index (κ1) is 12.1. The lowest BCUT2D eigenvalue weighted by atomic mass is 9.87. The minimum Gasteiger partial charge on any atom is -0.388 e. The number of pyridine rings is 1. The molecule has 0 aliphatic rings. The fraction of sp³-hybridized carbons (Fsp3) is 0.545. The van der Waals surface area contributed by atoms with Gasteiger partial charge in [0.25, 0.3) is 0 Å². The number of halogens is 1. The van der Waals surface area contributed by atoms with Gasteiger partial charge in [0.05, 0.1) is 12.3 Å². The predicted molar refractivity (Wildman–Crippen MR) is 56.5 cm³/mol. The molecule has 3 nitrogen and oxygen atoms in total. The number of hydrogen-bond acceptors (Lipinski definition) is 3. The Hall–Kier alpha value is -1.00. The van der Waals surface area contributed by atoms with Gasteiger partial charge in [-0.05, 0) is 18.5 Å². The quantitative estimate of drug-likeness (QED) is 0.794.